The van der Waals surface area contributed by atoms with E-state index in [1.807, 2.05) is 36.4 Å². The van der Waals surface area contributed by atoms with E-state index in [1.165, 1.54) is 0 Å². The summed E-state index contributed by atoms with van der Waals surface area (Å²) >= 11 is 0. The number of nitrogens with zero attached hydrogens (tertiary/aromatic N) is 3. The van der Waals surface area contributed by atoms with Gasteiger partial charge in [0.1, 0.15) is 17.9 Å². The van der Waals surface area contributed by atoms with E-state index in [9.17, 15) is 0 Å². The molecule has 0 fully saturated rings. The van der Waals surface area contributed by atoms with Crippen LogP contribution in [0.4, 0.5) is 5.95 Å². The van der Waals surface area contributed by atoms with Crippen LogP contribution >= 0.6 is 0 Å². The van der Waals surface area contributed by atoms with Gasteiger partial charge in [-0.1, -0.05) is 13.3 Å². The third kappa shape index (κ3) is 3.44. The largest absolute Gasteiger partial charge is 0.491 e. The SMILES string of the molecule is CCCc1nc(N)nc2ccc(-c3ccc(OCCO)cc3)nc12. The second-order valence-corrected chi connectivity index (χ2v) is 5.44. The highest BCUT2D eigenvalue weighted by Gasteiger charge is 2.09. The minimum Gasteiger partial charge on any atom is -0.491 e. The van der Waals surface area contributed by atoms with Crippen LogP contribution in [-0.2, 0) is 6.42 Å². The highest BCUT2D eigenvalue weighted by molar-refractivity contribution is 5.81. The summed E-state index contributed by atoms with van der Waals surface area (Å²) in [5.74, 6) is 1.00. The molecule has 0 bridgehead atoms. The Labute approximate surface area is 140 Å². The number of fused-ring (bicyclic) bond motifs is 1. The maximum Gasteiger partial charge on any atom is 0.220 e. The second-order valence-electron chi connectivity index (χ2n) is 5.44. The topological polar surface area (TPSA) is 94.2 Å². The maximum atomic E-state index is 8.79. The number of rotatable bonds is 6. The Morgan fingerprint density at radius 2 is 1.83 bits per heavy atom. The van der Waals surface area contributed by atoms with E-state index < -0.39 is 0 Å². The van der Waals surface area contributed by atoms with E-state index >= 15 is 0 Å². The van der Waals surface area contributed by atoms with Crippen LogP contribution in [0.2, 0.25) is 0 Å². The molecule has 0 amide bonds. The smallest absolute Gasteiger partial charge is 0.220 e. The highest BCUT2D eigenvalue weighted by Crippen LogP contribution is 2.24. The first-order chi connectivity index (χ1) is 11.7. The molecule has 0 saturated carbocycles. The lowest BCUT2D eigenvalue weighted by atomic mass is 10.1. The zero-order valence-electron chi connectivity index (χ0n) is 13.6. The van der Waals surface area contributed by atoms with E-state index in [1.54, 1.807) is 0 Å². The quantitative estimate of drug-likeness (QED) is 0.724. The summed E-state index contributed by atoms with van der Waals surface area (Å²) in [5.41, 5.74) is 10.0. The number of hydrogen-bond acceptors (Lipinski definition) is 6. The molecule has 3 N–H and O–H groups in total. The second kappa shape index (κ2) is 7.23. The first-order valence-corrected chi connectivity index (χ1v) is 7.98. The van der Waals surface area contributed by atoms with E-state index in [-0.39, 0.29) is 19.2 Å². The maximum absolute atomic E-state index is 8.79. The number of nitrogen functional groups attached to an aromatic ring is 1. The van der Waals surface area contributed by atoms with Gasteiger partial charge in [0, 0.05) is 5.56 Å². The summed E-state index contributed by atoms with van der Waals surface area (Å²) in [6.45, 7) is 2.38. The molecular weight excluding hydrogens is 304 g/mol. The van der Waals surface area contributed by atoms with Crippen molar-refractivity contribution in [1.29, 1.82) is 0 Å². The Morgan fingerprint density at radius 3 is 2.54 bits per heavy atom. The van der Waals surface area contributed by atoms with Gasteiger partial charge >= 0.3 is 0 Å². The number of pyridine rings is 1. The van der Waals surface area contributed by atoms with Crippen LogP contribution in [0.1, 0.15) is 19.0 Å². The lowest BCUT2D eigenvalue weighted by Crippen LogP contribution is -2.02. The summed E-state index contributed by atoms with van der Waals surface area (Å²) in [6, 6.07) is 11.5. The van der Waals surface area contributed by atoms with E-state index in [4.69, 9.17) is 20.6 Å². The van der Waals surface area contributed by atoms with Crippen LogP contribution in [0.3, 0.4) is 0 Å². The number of hydrogen-bond donors (Lipinski definition) is 2. The van der Waals surface area contributed by atoms with Crippen molar-refractivity contribution in [1.82, 2.24) is 15.0 Å². The molecule has 0 atom stereocenters. The number of ether oxygens (including phenoxy) is 1. The van der Waals surface area contributed by atoms with Gasteiger partial charge in [-0.2, -0.15) is 0 Å². The molecule has 3 aromatic rings. The molecule has 2 heterocycles. The van der Waals surface area contributed by atoms with Gasteiger partial charge in [0.05, 0.1) is 23.5 Å². The van der Waals surface area contributed by atoms with Crippen molar-refractivity contribution in [2.24, 2.45) is 0 Å². The van der Waals surface area contributed by atoms with Gasteiger partial charge in [0.2, 0.25) is 5.95 Å². The molecule has 0 saturated heterocycles. The molecule has 124 valence electrons. The summed E-state index contributed by atoms with van der Waals surface area (Å²) in [7, 11) is 0. The Bertz CT molecular complexity index is 834. The first kappa shape index (κ1) is 16.1. The summed E-state index contributed by atoms with van der Waals surface area (Å²) in [5, 5.41) is 8.79. The molecule has 0 spiro atoms. The van der Waals surface area contributed by atoms with Crippen molar-refractivity contribution in [2.45, 2.75) is 19.8 Å². The Kier molecular flexibility index (Phi) is 4.86. The summed E-state index contributed by atoms with van der Waals surface area (Å²) < 4.78 is 5.38. The van der Waals surface area contributed by atoms with Gasteiger partial charge in [0.25, 0.3) is 0 Å². The van der Waals surface area contributed by atoms with Crippen molar-refractivity contribution in [3.63, 3.8) is 0 Å². The van der Waals surface area contributed by atoms with Gasteiger partial charge in [0.15, 0.2) is 0 Å². The number of benzene rings is 1. The Morgan fingerprint density at radius 1 is 1.04 bits per heavy atom. The third-order valence-corrected chi connectivity index (χ3v) is 3.63. The van der Waals surface area contributed by atoms with E-state index in [0.717, 1.165) is 46.6 Å². The van der Waals surface area contributed by atoms with Crippen LogP contribution in [0.25, 0.3) is 22.3 Å². The standard InChI is InChI=1S/C18H20N4O2/c1-2-3-15-17-16(22-18(19)21-15)9-8-14(20-17)12-4-6-13(7-5-12)24-11-10-23/h4-9,23H,2-3,10-11H2,1H3,(H2,19,21,22). The van der Waals surface area contributed by atoms with Gasteiger partial charge in [-0.05, 0) is 42.8 Å². The molecule has 6 heteroatoms. The molecular formula is C18H20N4O2. The van der Waals surface area contributed by atoms with Gasteiger partial charge in [-0.15, -0.1) is 0 Å². The van der Waals surface area contributed by atoms with Crippen molar-refractivity contribution in [3.8, 4) is 17.0 Å². The number of nitrogens with two attached hydrogens (primary N) is 1. The molecule has 24 heavy (non-hydrogen) atoms. The normalized spacial score (nSPS) is 10.9. The van der Waals surface area contributed by atoms with E-state index in [0.29, 0.717) is 0 Å². The lowest BCUT2D eigenvalue weighted by Gasteiger charge is -2.08. The minimum absolute atomic E-state index is 0.00266. The molecule has 0 aliphatic carbocycles. The molecule has 0 aliphatic rings. The predicted octanol–water partition coefficient (Wildman–Crippen LogP) is 2.60. The van der Waals surface area contributed by atoms with Crippen molar-refractivity contribution >= 4 is 17.0 Å². The highest BCUT2D eigenvalue weighted by atomic mass is 16.5. The predicted molar refractivity (Wildman–Crippen MR) is 93.8 cm³/mol. The van der Waals surface area contributed by atoms with Crippen LogP contribution in [-0.4, -0.2) is 33.3 Å². The lowest BCUT2D eigenvalue weighted by molar-refractivity contribution is 0.201. The van der Waals surface area contributed by atoms with Crippen LogP contribution in [0.15, 0.2) is 36.4 Å². The van der Waals surface area contributed by atoms with Gasteiger partial charge in [-0.3, -0.25) is 0 Å². The van der Waals surface area contributed by atoms with Crippen LogP contribution in [0.5, 0.6) is 5.75 Å². The molecule has 3 rings (SSSR count). The molecule has 0 unspecified atom stereocenters. The average Bonchev–Trinajstić information content (AvgIpc) is 2.60. The molecule has 6 nitrogen and oxygen atoms in total. The van der Waals surface area contributed by atoms with Crippen LogP contribution < -0.4 is 10.5 Å². The fraction of sp³-hybridized carbons (Fsp3) is 0.278. The Hall–Kier alpha value is -2.73. The summed E-state index contributed by atoms with van der Waals surface area (Å²) in [6.07, 6.45) is 1.78. The monoisotopic (exact) mass is 324 g/mol. The summed E-state index contributed by atoms with van der Waals surface area (Å²) in [4.78, 5) is 13.3. The molecule has 2 aromatic heterocycles. The fourth-order valence-corrected chi connectivity index (χ4v) is 2.55. The van der Waals surface area contributed by atoms with Crippen LogP contribution in [0, 0.1) is 0 Å². The molecule has 0 radical (unpaired) electrons. The zero-order valence-corrected chi connectivity index (χ0v) is 13.6. The Balaban J connectivity index is 1.97. The first-order valence-electron chi connectivity index (χ1n) is 7.98. The average molecular weight is 324 g/mol. The number of anilines is 1. The van der Waals surface area contributed by atoms with Crippen molar-refractivity contribution in [2.75, 3.05) is 18.9 Å². The van der Waals surface area contributed by atoms with Crippen molar-refractivity contribution < 1.29 is 9.84 Å². The molecule has 0 aliphatic heterocycles. The van der Waals surface area contributed by atoms with Gasteiger partial charge < -0.3 is 15.6 Å². The number of aliphatic hydroxyl groups excluding tert-OH is 1. The zero-order chi connectivity index (χ0) is 16.9. The van der Waals surface area contributed by atoms with Crippen molar-refractivity contribution in [3.05, 3.63) is 42.1 Å². The fourth-order valence-electron chi connectivity index (χ4n) is 2.55. The number of aryl methyl sites for hydroxylation is 1. The number of aliphatic hydroxyl groups is 1. The molecule has 1 aromatic carbocycles. The van der Waals surface area contributed by atoms with Gasteiger partial charge in [-0.25, -0.2) is 15.0 Å². The minimum atomic E-state index is -0.00266. The van der Waals surface area contributed by atoms with E-state index in [2.05, 4.69) is 16.9 Å². The third-order valence-electron chi connectivity index (χ3n) is 3.63. The number of aromatic nitrogens is 3.